The summed E-state index contributed by atoms with van der Waals surface area (Å²) in [6.45, 7) is 2.45. The molecule has 0 amide bonds. The van der Waals surface area contributed by atoms with Crippen LogP contribution < -0.4 is 4.74 Å². The Morgan fingerprint density at radius 1 is 1.08 bits per heavy atom. The highest BCUT2D eigenvalue weighted by Gasteiger charge is 2.11. The van der Waals surface area contributed by atoms with Crippen LogP contribution in [-0.2, 0) is 6.42 Å². The number of hydrogen-bond acceptors (Lipinski definition) is 4. The molecule has 0 radical (unpaired) electrons. The standard InChI is InChI=1S/C20H19NO3/c1-15-18(21-20(24-15)16-8-3-2-4-9-16)11-7-13-23-19-12-6-5-10-17(19)14-22/h2-6,8-10,12,14H,7,11,13H2,1H3. The molecule has 0 bridgehead atoms. The summed E-state index contributed by atoms with van der Waals surface area (Å²) in [5.74, 6) is 2.10. The number of nitrogens with zero attached hydrogens (tertiary/aromatic N) is 1. The van der Waals surface area contributed by atoms with Gasteiger partial charge in [0, 0.05) is 5.56 Å². The SMILES string of the molecule is Cc1oc(-c2ccccc2)nc1CCCOc1ccccc1C=O. The molecule has 4 nitrogen and oxygen atoms in total. The Morgan fingerprint density at radius 2 is 1.83 bits per heavy atom. The lowest BCUT2D eigenvalue weighted by Gasteiger charge is -2.07. The third-order valence-electron chi connectivity index (χ3n) is 3.77. The van der Waals surface area contributed by atoms with Gasteiger partial charge in [-0.15, -0.1) is 0 Å². The summed E-state index contributed by atoms with van der Waals surface area (Å²) >= 11 is 0. The number of para-hydroxylation sites is 1. The zero-order valence-corrected chi connectivity index (χ0v) is 13.6. The van der Waals surface area contributed by atoms with E-state index in [0.717, 1.165) is 36.1 Å². The molecule has 0 spiro atoms. The van der Waals surface area contributed by atoms with Gasteiger partial charge in [-0.3, -0.25) is 4.79 Å². The Balaban J connectivity index is 1.57. The molecule has 3 rings (SSSR count). The summed E-state index contributed by atoms with van der Waals surface area (Å²) < 4.78 is 11.4. The fourth-order valence-electron chi connectivity index (χ4n) is 2.50. The number of ether oxygens (including phenoxy) is 1. The van der Waals surface area contributed by atoms with Gasteiger partial charge in [-0.2, -0.15) is 0 Å². The molecule has 0 N–H and O–H groups in total. The topological polar surface area (TPSA) is 52.3 Å². The van der Waals surface area contributed by atoms with Crippen molar-refractivity contribution >= 4 is 6.29 Å². The van der Waals surface area contributed by atoms with Gasteiger partial charge in [0.05, 0.1) is 17.9 Å². The first kappa shape index (κ1) is 16.0. The minimum absolute atomic E-state index is 0.526. The summed E-state index contributed by atoms with van der Waals surface area (Å²) in [4.78, 5) is 15.5. The quantitative estimate of drug-likeness (QED) is 0.476. The summed E-state index contributed by atoms with van der Waals surface area (Å²) in [5.41, 5.74) is 2.49. The third-order valence-corrected chi connectivity index (χ3v) is 3.77. The van der Waals surface area contributed by atoms with Crippen molar-refractivity contribution < 1.29 is 13.9 Å². The van der Waals surface area contributed by atoms with Crippen molar-refractivity contribution in [3.8, 4) is 17.2 Å². The van der Waals surface area contributed by atoms with E-state index in [4.69, 9.17) is 9.15 Å². The van der Waals surface area contributed by atoms with Crippen LogP contribution in [0.2, 0.25) is 0 Å². The molecule has 0 aliphatic carbocycles. The number of hydrogen-bond donors (Lipinski definition) is 0. The molecule has 0 saturated carbocycles. The van der Waals surface area contributed by atoms with Crippen molar-refractivity contribution in [2.75, 3.05) is 6.61 Å². The predicted octanol–water partition coefficient (Wildman–Crippen LogP) is 4.47. The fourth-order valence-corrected chi connectivity index (χ4v) is 2.50. The van der Waals surface area contributed by atoms with Crippen LogP contribution in [0.3, 0.4) is 0 Å². The van der Waals surface area contributed by atoms with Gasteiger partial charge in [0.2, 0.25) is 5.89 Å². The Kier molecular flexibility index (Phi) is 5.06. The van der Waals surface area contributed by atoms with E-state index in [1.807, 2.05) is 49.4 Å². The summed E-state index contributed by atoms with van der Waals surface area (Å²) in [6, 6.07) is 17.1. The number of aryl methyl sites for hydroxylation is 2. The van der Waals surface area contributed by atoms with Gasteiger partial charge in [-0.05, 0) is 44.0 Å². The van der Waals surface area contributed by atoms with Crippen LogP contribution in [-0.4, -0.2) is 17.9 Å². The van der Waals surface area contributed by atoms with Gasteiger partial charge in [-0.25, -0.2) is 4.98 Å². The van der Waals surface area contributed by atoms with Gasteiger partial charge in [0.1, 0.15) is 11.5 Å². The molecule has 2 aromatic carbocycles. The van der Waals surface area contributed by atoms with E-state index in [2.05, 4.69) is 4.98 Å². The van der Waals surface area contributed by atoms with Gasteiger partial charge >= 0.3 is 0 Å². The highest BCUT2D eigenvalue weighted by atomic mass is 16.5. The van der Waals surface area contributed by atoms with E-state index in [1.54, 1.807) is 12.1 Å². The maximum absolute atomic E-state index is 11.0. The Morgan fingerprint density at radius 3 is 2.62 bits per heavy atom. The van der Waals surface area contributed by atoms with Crippen LogP contribution in [0.25, 0.3) is 11.5 Å². The second-order valence-electron chi connectivity index (χ2n) is 5.50. The van der Waals surface area contributed by atoms with Crippen LogP contribution in [0.15, 0.2) is 59.0 Å². The third kappa shape index (κ3) is 3.71. The molecule has 4 heteroatoms. The number of carbonyl (C=O) groups is 1. The Bertz CT molecular complexity index is 809. The van der Waals surface area contributed by atoms with E-state index in [9.17, 15) is 4.79 Å². The monoisotopic (exact) mass is 321 g/mol. The average Bonchev–Trinajstić information content (AvgIpc) is 3.00. The average molecular weight is 321 g/mol. The van der Waals surface area contributed by atoms with E-state index in [1.165, 1.54) is 0 Å². The van der Waals surface area contributed by atoms with Crippen molar-refractivity contribution in [2.24, 2.45) is 0 Å². The minimum Gasteiger partial charge on any atom is -0.493 e. The molecule has 122 valence electrons. The van der Waals surface area contributed by atoms with Crippen LogP contribution in [0, 0.1) is 6.92 Å². The first-order chi connectivity index (χ1) is 11.8. The lowest BCUT2D eigenvalue weighted by molar-refractivity contribution is 0.111. The van der Waals surface area contributed by atoms with E-state index in [0.29, 0.717) is 23.8 Å². The Labute approximate surface area is 141 Å². The lowest BCUT2D eigenvalue weighted by atomic mass is 10.2. The largest absolute Gasteiger partial charge is 0.493 e. The molecule has 1 aromatic heterocycles. The molecule has 0 unspecified atom stereocenters. The maximum atomic E-state index is 11.0. The number of aromatic nitrogens is 1. The number of oxazole rings is 1. The second-order valence-corrected chi connectivity index (χ2v) is 5.50. The molecule has 0 fully saturated rings. The van der Waals surface area contributed by atoms with Crippen molar-refractivity contribution in [2.45, 2.75) is 19.8 Å². The van der Waals surface area contributed by atoms with Crippen molar-refractivity contribution in [1.82, 2.24) is 4.98 Å². The number of benzene rings is 2. The summed E-state index contributed by atoms with van der Waals surface area (Å²) in [6.07, 6.45) is 2.38. The molecule has 24 heavy (non-hydrogen) atoms. The van der Waals surface area contributed by atoms with E-state index >= 15 is 0 Å². The van der Waals surface area contributed by atoms with Gasteiger partial charge in [0.15, 0.2) is 6.29 Å². The van der Waals surface area contributed by atoms with Crippen LogP contribution >= 0.6 is 0 Å². The summed E-state index contributed by atoms with van der Waals surface area (Å²) in [7, 11) is 0. The predicted molar refractivity (Wildman–Crippen MR) is 92.3 cm³/mol. The van der Waals surface area contributed by atoms with E-state index < -0.39 is 0 Å². The molecule has 1 heterocycles. The van der Waals surface area contributed by atoms with Crippen molar-refractivity contribution in [1.29, 1.82) is 0 Å². The van der Waals surface area contributed by atoms with Crippen LogP contribution in [0.4, 0.5) is 0 Å². The molecular weight excluding hydrogens is 302 g/mol. The minimum atomic E-state index is 0.526. The van der Waals surface area contributed by atoms with Crippen LogP contribution in [0.5, 0.6) is 5.75 Å². The van der Waals surface area contributed by atoms with Crippen LogP contribution in [0.1, 0.15) is 28.2 Å². The molecule has 0 atom stereocenters. The molecule has 3 aromatic rings. The van der Waals surface area contributed by atoms with Crippen molar-refractivity contribution in [3.05, 3.63) is 71.6 Å². The smallest absolute Gasteiger partial charge is 0.226 e. The van der Waals surface area contributed by atoms with Gasteiger partial charge < -0.3 is 9.15 Å². The zero-order chi connectivity index (χ0) is 16.8. The molecule has 0 aliphatic heterocycles. The number of carbonyl (C=O) groups excluding carboxylic acids is 1. The van der Waals surface area contributed by atoms with Gasteiger partial charge in [0.25, 0.3) is 0 Å². The fraction of sp³-hybridized carbons (Fsp3) is 0.200. The Hall–Kier alpha value is -2.88. The highest BCUT2D eigenvalue weighted by molar-refractivity contribution is 5.79. The first-order valence-electron chi connectivity index (χ1n) is 7.96. The zero-order valence-electron chi connectivity index (χ0n) is 13.6. The highest BCUT2D eigenvalue weighted by Crippen LogP contribution is 2.22. The second kappa shape index (κ2) is 7.59. The molecular formula is C20H19NO3. The molecule has 0 saturated heterocycles. The molecule has 0 aliphatic rings. The maximum Gasteiger partial charge on any atom is 0.226 e. The number of aldehydes is 1. The summed E-state index contributed by atoms with van der Waals surface area (Å²) in [5, 5.41) is 0. The first-order valence-corrected chi connectivity index (χ1v) is 7.96. The van der Waals surface area contributed by atoms with Crippen molar-refractivity contribution in [3.63, 3.8) is 0 Å². The van der Waals surface area contributed by atoms with E-state index in [-0.39, 0.29) is 0 Å². The lowest BCUT2D eigenvalue weighted by Crippen LogP contribution is -2.02. The number of rotatable bonds is 7. The van der Waals surface area contributed by atoms with Gasteiger partial charge in [-0.1, -0.05) is 30.3 Å². The normalized spacial score (nSPS) is 10.5.